The molecule has 3 atom stereocenters. The zero-order chi connectivity index (χ0) is 28.0. The number of primary amides is 1. The molecule has 204 valence electrons. The molecule has 0 saturated heterocycles. The number of nitrogens with one attached hydrogen (secondary N) is 3. The Hall–Kier alpha value is -4.40. The van der Waals surface area contributed by atoms with Crippen molar-refractivity contribution in [1.29, 1.82) is 0 Å². The van der Waals surface area contributed by atoms with Crippen LogP contribution in [-0.4, -0.2) is 77.0 Å². The Bertz CT molecular complexity index is 980. The van der Waals surface area contributed by atoms with Crippen molar-refractivity contribution in [1.82, 2.24) is 16.0 Å². The number of carbonyl (C=O) groups is 5. The maximum absolute atomic E-state index is 12.8. The van der Waals surface area contributed by atoms with Crippen molar-refractivity contribution in [3.05, 3.63) is 29.8 Å². The molecule has 15 nitrogen and oxygen atoms in total. The highest BCUT2D eigenvalue weighted by Crippen LogP contribution is 2.12. The van der Waals surface area contributed by atoms with Crippen molar-refractivity contribution in [3.63, 3.8) is 0 Å². The number of phenols is 1. The fourth-order valence-corrected chi connectivity index (χ4v) is 3.09. The monoisotopic (exact) mass is 522 g/mol. The van der Waals surface area contributed by atoms with E-state index in [0.29, 0.717) is 12.0 Å². The normalized spacial score (nSPS) is 12.9. The summed E-state index contributed by atoms with van der Waals surface area (Å²) in [7, 11) is 0. The number of carboxylic acids is 1. The van der Waals surface area contributed by atoms with Crippen LogP contribution < -0.4 is 38.9 Å². The number of nitrogens with two attached hydrogens (primary N) is 4. The summed E-state index contributed by atoms with van der Waals surface area (Å²) in [5.41, 5.74) is 21.9. The minimum atomic E-state index is -1.36. The molecule has 13 N–H and O–H groups in total. The zero-order valence-corrected chi connectivity index (χ0v) is 20.2. The lowest BCUT2D eigenvalue weighted by Gasteiger charge is -2.21. The first-order chi connectivity index (χ1) is 17.4. The molecule has 0 radical (unpaired) electrons. The van der Waals surface area contributed by atoms with Gasteiger partial charge >= 0.3 is 5.97 Å². The molecule has 15 heteroatoms. The predicted octanol–water partition coefficient (Wildman–Crippen LogP) is -3.25. The third-order valence-corrected chi connectivity index (χ3v) is 5.05. The van der Waals surface area contributed by atoms with Gasteiger partial charge in [0.1, 0.15) is 17.8 Å². The Kier molecular flexibility index (Phi) is 12.9. The van der Waals surface area contributed by atoms with Crippen molar-refractivity contribution in [2.24, 2.45) is 27.9 Å². The lowest BCUT2D eigenvalue weighted by Crippen LogP contribution is -2.54. The van der Waals surface area contributed by atoms with Crippen LogP contribution in [0.1, 0.15) is 31.2 Å². The van der Waals surface area contributed by atoms with Crippen molar-refractivity contribution < 1.29 is 34.2 Å². The summed E-state index contributed by atoms with van der Waals surface area (Å²) in [5, 5.41) is 25.9. The number of carboxylic acid groups (broad SMARTS) is 1. The molecule has 0 saturated carbocycles. The van der Waals surface area contributed by atoms with Crippen molar-refractivity contribution in [2.45, 2.75) is 50.2 Å². The van der Waals surface area contributed by atoms with Gasteiger partial charge in [0.05, 0.1) is 12.6 Å². The van der Waals surface area contributed by atoms with Gasteiger partial charge in [-0.05, 0) is 37.0 Å². The number of nitrogens with zero attached hydrogens (tertiary/aromatic N) is 1. The van der Waals surface area contributed by atoms with E-state index in [4.69, 9.17) is 22.9 Å². The zero-order valence-electron chi connectivity index (χ0n) is 20.2. The molecule has 1 aromatic carbocycles. The number of carbonyl (C=O) groups excluding carboxylic acids is 4. The molecular weight excluding hydrogens is 488 g/mol. The molecule has 0 aromatic heterocycles. The molecule has 0 aliphatic rings. The summed E-state index contributed by atoms with van der Waals surface area (Å²) >= 11 is 0. The molecule has 3 unspecified atom stereocenters. The molecule has 0 aliphatic heterocycles. The molecular formula is C22H34N8O7. The third-order valence-electron chi connectivity index (χ3n) is 5.05. The maximum atomic E-state index is 12.8. The van der Waals surface area contributed by atoms with Crippen LogP contribution in [0.15, 0.2) is 29.3 Å². The number of benzene rings is 1. The fraction of sp³-hybridized carbons (Fsp3) is 0.455. The van der Waals surface area contributed by atoms with Gasteiger partial charge in [0.25, 0.3) is 0 Å². The number of phenolic OH excluding ortho intramolecular Hbond substituents is 1. The minimum Gasteiger partial charge on any atom is -0.508 e. The Labute approximate surface area is 213 Å². The number of guanidine groups is 1. The predicted molar refractivity (Wildman–Crippen MR) is 133 cm³/mol. The summed E-state index contributed by atoms with van der Waals surface area (Å²) in [6.45, 7) is -0.235. The van der Waals surface area contributed by atoms with Gasteiger partial charge in [-0.25, -0.2) is 4.79 Å². The van der Waals surface area contributed by atoms with Gasteiger partial charge in [0.2, 0.25) is 23.6 Å². The number of aromatic hydroxyl groups is 1. The SMILES string of the molecule is NC(=O)CCC(NC(=O)CNC(=O)C(N)CCCN=C(N)N)C(=O)NC(Cc1ccc(O)cc1)C(=O)O. The molecule has 0 aliphatic carbocycles. The summed E-state index contributed by atoms with van der Waals surface area (Å²) in [6, 6.07) is 2.16. The highest BCUT2D eigenvalue weighted by Gasteiger charge is 2.27. The van der Waals surface area contributed by atoms with Gasteiger partial charge < -0.3 is 49.1 Å². The second-order valence-corrected chi connectivity index (χ2v) is 8.17. The average molecular weight is 523 g/mol. The lowest BCUT2D eigenvalue weighted by atomic mass is 10.0. The van der Waals surface area contributed by atoms with Gasteiger partial charge in [0, 0.05) is 19.4 Å². The Morgan fingerprint density at radius 2 is 1.57 bits per heavy atom. The van der Waals surface area contributed by atoms with E-state index >= 15 is 0 Å². The number of hydrogen-bond acceptors (Lipinski definition) is 8. The number of hydrogen-bond donors (Lipinski definition) is 9. The van der Waals surface area contributed by atoms with Gasteiger partial charge in [-0.3, -0.25) is 24.2 Å². The second-order valence-electron chi connectivity index (χ2n) is 8.17. The standard InChI is InChI=1S/C22H34N8O7/c23-14(2-1-9-27-22(25)26)19(34)28-11-18(33)29-15(7-8-17(24)32)20(35)30-16(21(36)37)10-12-3-5-13(31)6-4-12/h3-6,14-16,31H,1-2,7-11,23H2,(H2,24,32)(H,28,34)(H,29,33)(H,30,35)(H,36,37)(H4,25,26,27). The van der Waals surface area contributed by atoms with Crippen molar-refractivity contribution >= 4 is 35.6 Å². The van der Waals surface area contributed by atoms with E-state index in [2.05, 4.69) is 20.9 Å². The van der Waals surface area contributed by atoms with Crippen LogP contribution >= 0.6 is 0 Å². The Morgan fingerprint density at radius 1 is 0.919 bits per heavy atom. The van der Waals surface area contributed by atoms with E-state index in [1.54, 1.807) is 0 Å². The first kappa shape index (κ1) is 30.6. The van der Waals surface area contributed by atoms with E-state index in [0.717, 1.165) is 0 Å². The average Bonchev–Trinajstić information content (AvgIpc) is 2.83. The third kappa shape index (κ3) is 12.7. The first-order valence-corrected chi connectivity index (χ1v) is 11.4. The molecule has 0 heterocycles. The molecule has 0 fully saturated rings. The van der Waals surface area contributed by atoms with Crippen molar-refractivity contribution in [2.75, 3.05) is 13.1 Å². The smallest absolute Gasteiger partial charge is 0.326 e. The van der Waals surface area contributed by atoms with Crippen molar-refractivity contribution in [3.8, 4) is 5.75 Å². The largest absolute Gasteiger partial charge is 0.508 e. The molecule has 1 rings (SSSR count). The van der Waals surface area contributed by atoms with Gasteiger partial charge in [-0.1, -0.05) is 12.1 Å². The van der Waals surface area contributed by atoms with Crippen LogP contribution in [0.4, 0.5) is 0 Å². The number of rotatable bonds is 16. The van der Waals surface area contributed by atoms with Crippen LogP contribution in [-0.2, 0) is 30.4 Å². The number of aliphatic carboxylic acids is 1. The Morgan fingerprint density at radius 3 is 2.14 bits per heavy atom. The molecule has 0 spiro atoms. The number of aliphatic imine (C=N–C) groups is 1. The fourth-order valence-electron chi connectivity index (χ4n) is 3.09. The van der Waals surface area contributed by atoms with Crippen LogP contribution in [0.25, 0.3) is 0 Å². The van der Waals surface area contributed by atoms with E-state index in [9.17, 15) is 34.2 Å². The maximum Gasteiger partial charge on any atom is 0.326 e. The van der Waals surface area contributed by atoms with E-state index in [1.165, 1.54) is 24.3 Å². The van der Waals surface area contributed by atoms with Gasteiger partial charge in [-0.15, -0.1) is 0 Å². The second kappa shape index (κ2) is 15.6. The van der Waals surface area contributed by atoms with Crippen LogP contribution in [0.3, 0.4) is 0 Å². The topological polar surface area (TPSA) is 278 Å². The van der Waals surface area contributed by atoms with E-state index in [-0.39, 0.29) is 43.9 Å². The molecule has 37 heavy (non-hydrogen) atoms. The quantitative estimate of drug-likeness (QED) is 0.0593. The summed E-state index contributed by atoms with van der Waals surface area (Å²) in [4.78, 5) is 63.9. The summed E-state index contributed by atoms with van der Waals surface area (Å²) in [5.74, 6) is -4.39. The highest BCUT2D eigenvalue weighted by molar-refractivity contribution is 5.92. The van der Waals surface area contributed by atoms with E-state index < -0.39 is 54.3 Å². The van der Waals surface area contributed by atoms with Crippen LogP contribution in [0, 0.1) is 0 Å². The highest BCUT2D eigenvalue weighted by atomic mass is 16.4. The van der Waals surface area contributed by atoms with E-state index in [1.807, 2.05) is 0 Å². The molecule has 4 amide bonds. The minimum absolute atomic E-state index is 0.00659. The first-order valence-electron chi connectivity index (χ1n) is 11.4. The molecule has 1 aromatic rings. The lowest BCUT2D eigenvalue weighted by molar-refractivity contribution is -0.142. The molecule has 0 bridgehead atoms. The Balaban J connectivity index is 2.71. The van der Waals surface area contributed by atoms with Gasteiger partial charge in [0.15, 0.2) is 5.96 Å². The van der Waals surface area contributed by atoms with Crippen LogP contribution in [0.5, 0.6) is 5.75 Å². The number of amides is 4. The van der Waals surface area contributed by atoms with Crippen LogP contribution in [0.2, 0.25) is 0 Å². The summed E-state index contributed by atoms with van der Waals surface area (Å²) < 4.78 is 0. The summed E-state index contributed by atoms with van der Waals surface area (Å²) in [6.07, 6.45) is 0.126. The van der Waals surface area contributed by atoms with Gasteiger partial charge in [-0.2, -0.15) is 0 Å².